The Kier molecular flexibility index (Phi) is 2.98. The molecule has 19 heavy (non-hydrogen) atoms. The highest BCUT2D eigenvalue weighted by molar-refractivity contribution is 8.02. The standard InChI is InChI=1S/C15H9FN2S/c16-12-5-3-4-11(8-12)14-9-19-15-7-2-1-6-13(15)18(14)10-17/h1-9H. The average Bonchev–Trinajstić information content (AvgIpc) is 2.46. The van der Waals surface area contributed by atoms with E-state index < -0.39 is 0 Å². The first-order valence-electron chi connectivity index (χ1n) is 5.71. The monoisotopic (exact) mass is 268 g/mol. The van der Waals surface area contributed by atoms with Gasteiger partial charge in [0.05, 0.1) is 11.4 Å². The van der Waals surface area contributed by atoms with Gasteiger partial charge in [0, 0.05) is 15.9 Å². The number of thioether (sulfide) groups is 1. The van der Waals surface area contributed by atoms with Crippen LogP contribution in [0.15, 0.2) is 58.8 Å². The predicted molar refractivity (Wildman–Crippen MR) is 74.8 cm³/mol. The molecule has 0 unspecified atom stereocenters. The van der Waals surface area contributed by atoms with Crippen LogP contribution in [0.1, 0.15) is 5.56 Å². The predicted octanol–water partition coefficient (Wildman–Crippen LogP) is 4.22. The van der Waals surface area contributed by atoms with Gasteiger partial charge in [-0.05, 0) is 24.3 Å². The van der Waals surface area contributed by atoms with E-state index in [2.05, 4.69) is 6.19 Å². The lowest BCUT2D eigenvalue weighted by atomic mass is 10.1. The molecule has 0 N–H and O–H groups in total. The zero-order valence-corrected chi connectivity index (χ0v) is 10.7. The summed E-state index contributed by atoms with van der Waals surface area (Å²) in [6, 6.07) is 13.9. The normalized spacial score (nSPS) is 13.5. The van der Waals surface area contributed by atoms with Gasteiger partial charge in [-0.15, -0.1) is 0 Å². The van der Waals surface area contributed by atoms with E-state index in [0.29, 0.717) is 11.3 Å². The fraction of sp³-hybridized carbons (Fsp3) is 0. The Morgan fingerprint density at radius 2 is 1.95 bits per heavy atom. The number of nitriles is 1. The van der Waals surface area contributed by atoms with Crippen LogP contribution in [0.4, 0.5) is 10.1 Å². The first kappa shape index (κ1) is 11.8. The van der Waals surface area contributed by atoms with Gasteiger partial charge in [-0.2, -0.15) is 5.26 Å². The molecule has 0 spiro atoms. The third-order valence-corrected chi connectivity index (χ3v) is 3.81. The summed E-state index contributed by atoms with van der Waals surface area (Å²) in [5, 5.41) is 11.2. The molecule has 1 aliphatic heterocycles. The van der Waals surface area contributed by atoms with Gasteiger partial charge in [-0.3, -0.25) is 0 Å². The molecule has 0 bridgehead atoms. The van der Waals surface area contributed by atoms with Crippen molar-refractivity contribution in [2.45, 2.75) is 4.90 Å². The second-order valence-corrected chi connectivity index (χ2v) is 4.95. The van der Waals surface area contributed by atoms with Crippen molar-refractivity contribution >= 4 is 23.1 Å². The van der Waals surface area contributed by atoms with Crippen molar-refractivity contribution in [2.24, 2.45) is 0 Å². The second-order valence-electron chi connectivity index (χ2n) is 4.03. The molecule has 1 heterocycles. The van der Waals surface area contributed by atoms with Crippen molar-refractivity contribution in [3.05, 3.63) is 65.3 Å². The van der Waals surface area contributed by atoms with Gasteiger partial charge < -0.3 is 0 Å². The van der Waals surface area contributed by atoms with E-state index in [9.17, 15) is 9.65 Å². The Morgan fingerprint density at radius 3 is 2.74 bits per heavy atom. The number of benzene rings is 2. The van der Waals surface area contributed by atoms with Crippen LogP contribution in [-0.4, -0.2) is 0 Å². The van der Waals surface area contributed by atoms with E-state index in [0.717, 1.165) is 10.6 Å². The minimum Gasteiger partial charge on any atom is -0.245 e. The van der Waals surface area contributed by atoms with Gasteiger partial charge >= 0.3 is 0 Å². The largest absolute Gasteiger partial charge is 0.245 e. The van der Waals surface area contributed by atoms with Crippen LogP contribution >= 0.6 is 11.8 Å². The molecule has 0 saturated heterocycles. The number of hydrogen-bond acceptors (Lipinski definition) is 3. The van der Waals surface area contributed by atoms with Crippen LogP contribution in [0.3, 0.4) is 0 Å². The molecular formula is C15H9FN2S. The van der Waals surface area contributed by atoms with Gasteiger partial charge in [0.25, 0.3) is 0 Å². The quantitative estimate of drug-likeness (QED) is 0.725. The third-order valence-electron chi connectivity index (χ3n) is 2.86. The van der Waals surface area contributed by atoms with E-state index in [1.165, 1.54) is 28.8 Å². The lowest BCUT2D eigenvalue weighted by Crippen LogP contribution is -2.17. The molecule has 0 amide bonds. The Hall–Kier alpha value is -2.25. The highest BCUT2D eigenvalue weighted by Crippen LogP contribution is 2.41. The Balaban J connectivity index is 2.10. The van der Waals surface area contributed by atoms with Crippen molar-refractivity contribution in [3.63, 3.8) is 0 Å². The van der Waals surface area contributed by atoms with E-state index >= 15 is 0 Å². The highest BCUT2D eigenvalue weighted by atomic mass is 32.2. The van der Waals surface area contributed by atoms with Crippen molar-refractivity contribution < 1.29 is 4.39 Å². The molecule has 0 atom stereocenters. The van der Waals surface area contributed by atoms with Crippen molar-refractivity contribution in [2.75, 3.05) is 4.90 Å². The van der Waals surface area contributed by atoms with E-state index in [1.807, 2.05) is 29.7 Å². The van der Waals surface area contributed by atoms with Crippen LogP contribution < -0.4 is 4.90 Å². The van der Waals surface area contributed by atoms with Crippen molar-refractivity contribution in [1.82, 2.24) is 0 Å². The summed E-state index contributed by atoms with van der Waals surface area (Å²) in [5.41, 5.74) is 2.23. The summed E-state index contributed by atoms with van der Waals surface area (Å²) >= 11 is 1.54. The summed E-state index contributed by atoms with van der Waals surface area (Å²) in [7, 11) is 0. The first-order valence-corrected chi connectivity index (χ1v) is 6.59. The SMILES string of the molecule is N#CN1C(c2cccc(F)c2)=CSc2ccccc21. The van der Waals surface area contributed by atoms with E-state index in [4.69, 9.17) is 0 Å². The fourth-order valence-corrected chi connectivity index (χ4v) is 2.91. The lowest BCUT2D eigenvalue weighted by Gasteiger charge is -2.25. The number of nitrogens with zero attached hydrogens (tertiary/aromatic N) is 2. The van der Waals surface area contributed by atoms with Crippen LogP contribution in [0.25, 0.3) is 5.70 Å². The Morgan fingerprint density at radius 1 is 1.11 bits per heavy atom. The average molecular weight is 268 g/mol. The Labute approximate surface area is 114 Å². The molecule has 0 saturated carbocycles. The summed E-state index contributed by atoms with van der Waals surface area (Å²) in [5.74, 6) is -0.305. The smallest absolute Gasteiger partial charge is 0.189 e. The summed E-state index contributed by atoms with van der Waals surface area (Å²) in [6.07, 6.45) is 2.16. The third kappa shape index (κ3) is 2.09. The minimum absolute atomic E-state index is 0.305. The summed E-state index contributed by atoms with van der Waals surface area (Å²) < 4.78 is 13.3. The van der Waals surface area contributed by atoms with Crippen molar-refractivity contribution in [1.29, 1.82) is 5.26 Å². The molecule has 2 aromatic rings. The molecule has 92 valence electrons. The first-order chi connectivity index (χ1) is 9.29. The molecule has 3 rings (SSSR count). The van der Waals surface area contributed by atoms with Crippen molar-refractivity contribution in [3.8, 4) is 6.19 Å². The van der Waals surface area contributed by atoms with Crippen LogP contribution in [0, 0.1) is 17.3 Å². The van der Waals surface area contributed by atoms with Crippen LogP contribution in [0.2, 0.25) is 0 Å². The maximum atomic E-state index is 13.3. The highest BCUT2D eigenvalue weighted by Gasteiger charge is 2.21. The van der Waals surface area contributed by atoms with Crippen LogP contribution in [-0.2, 0) is 0 Å². The molecule has 4 heteroatoms. The van der Waals surface area contributed by atoms with E-state index in [1.54, 1.807) is 12.1 Å². The number of para-hydroxylation sites is 1. The molecule has 2 nitrogen and oxygen atoms in total. The zero-order chi connectivity index (χ0) is 13.2. The topological polar surface area (TPSA) is 27.0 Å². The summed E-state index contributed by atoms with van der Waals surface area (Å²) in [6.45, 7) is 0. The molecule has 1 aliphatic rings. The molecular weight excluding hydrogens is 259 g/mol. The lowest BCUT2D eigenvalue weighted by molar-refractivity contribution is 0.627. The second kappa shape index (κ2) is 4.79. The number of hydrogen-bond donors (Lipinski definition) is 0. The number of anilines is 1. The molecule has 0 aromatic heterocycles. The van der Waals surface area contributed by atoms with Crippen LogP contribution in [0.5, 0.6) is 0 Å². The number of halogens is 1. The minimum atomic E-state index is -0.305. The van der Waals surface area contributed by atoms with Gasteiger partial charge in [0.2, 0.25) is 0 Å². The number of rotatable bonds is 1. The molecule has 0 aliphatic carbocycles. The van der Waals surface area contributed by atoms with Gasteiger partial charge in [0.15, 0.2) is 6.19 Å². The number of fused-ring (bicyclic) bond motifs is 1. The fourth-order valence-electron chi connectivity index (χ4n) is 2.00. The molecule has 2 aromatic carbocycles. The maximum Gasteiger partial charge on any atom is 0.189 e. The maximum absolute atomic E-state index is 13.3. The Bertz CT molecular complexity index is 703. The van der Waals surface area contributed by atoms with Gasteiger partial charge in [-0.25, -0.2) is 9.29 Å². The van der Waals surface area contributed by atoms with Gasteiger partial charge in [0.1, 0.15) is 5.82 Å². The van der Waals surface area contributed by atoms with Gasteiger partial charge in [-0.1, -0.05) is 36.0 Å². The zero-order valence-electron chi connectivity index (χ0n) is 9.88. The summed E-state index contributed by atoms with van der Waals surface area (Å²) in [4.78, 5) is 2.55. The van der Waals surface area contributed by atoms with E-state index in [-0.39, 0.29) is 5.82 Å². The molecule has 0 radical (unpaired) electrons. The molecule has 0 fully saturated rings.